The molecule has 0 heterocycles. The van der Waals surface area contributed by atoms with Gasteiger partial charge in [0.2, 0.25) is 5.91 Å². The number of rotatable bonds is 7. The molecule has 1 unspecified atom stereocenters. The largest absolute Gasteiger partial charge is 0.483 e. The van der Waals surface area contributed by atoms with Crippen LogP contribution in [0.3, 0.4) is 0 Å². The highest BCUT2D eigenvalue weighted by Gasteiger charge is 2.23. The molecule has 0 aromatic heterocycles. The lowest BCUT2D eigenvalue weighted by Crippen LogP contribution is -2.41. The van der Waals surface area contributed by atoms with E-state index in [0.29, 0.717) is 5.75 Å². The lowest BCUT2D eigenvalue weighted by atomic mass is 10.0. The standard InChI is InChI=1S/C21H24F2N2O3/c1-12(2)15-7-5-13(3)9-18(15)28-11-19(26)25-20(21(27)24-4)14-6-8-16(22)17(23)10-14/h5-10,12,20H,11H2,1-4H3,(H,24,27)(H,25,26). The van der Waals surface area contributed by atoms with Crippen LogP contribution in [0.15, 0.2) is 36.4 Å². The van der Waals surface area contributed by atoms with E-state index in [1.807, 2.05) is 39.0 Å². The number of hydrogen-bond donors (Lipinski definition) is 2. The van der Waals surface area contributed by atoms with Gasteiger partial charge in [-0.15, -0.1) is 0 Å². The van der Waals surface area contributed by atoms with Crippen LogP contribution in [0.25, 0.3) is 0 Å². The molecular formula is C21H24F2N2O3. The zero-order valence-corrected chi connectivity index (χ0v) is 16.3. The summed E-state index contributed by atoms with van der Waals surface area (Å²) in [6, 6.07) is 7.62. The molecule has 0 saturated carbocycles. The molecule has 2 rings (SSSR count). The fourth-order valence-corrected chi connectivity index (χ4v) is 2.73. The van der Waals surface area contributed by atoms with Gasteiger partial charge < -0.3 is 15.4 Å². The number of aryl methyl sites for hydroxylation is 1. The topological polar surface area (TPSA) is 67.4 Å². The van der Waals surface area contributed by atoms with Crippen molar-refractivity contribution < 1.29 is 23.1 Å². The number of ether oxygens (including phenoxy) is 1. The number of carbonyl (C=O) groups excluding carboxylic acids is 2. The smallest absolute Gasteiger partial charge is 0.258 e. The lowest BCUT2D eigenvalue weighted by Gasteiger charge is -2.19. The predicted molar refractivity (Wildman–Crippen MR) is 102 cm³/mol. The van der Waals surface area contributed by atoms with Crippen LogP contribution in [0.2, 0.25) is 0 Å². The maximum absolute atomic E-state index is 13.5. The molecule has 2 aromatic carbocycles. The van der Waals surface area contributed by atoms with Crippen LogP contribution in [0, 0.1) is 18.6 Å². The van der Waals surface area contributed by atoms with Crippen molar-refractivity contribution in [3.05, 3.63) is 64.7 Å². The van der Waals surface area contributed by atoms with Crippen LogP contribution >= 0.6 is 0 Å². The second kappa shape index (κ2) is 9.30. The Balaban J connectivity index is 2.13. The molecule has 0 saturated heterocycles. The summed E-state index contributed by atoms with van der Waals surface area (Å²) < 4.78 is 32.4. The van der Waals surface area contributed by atoms with E-state index < -0.39 is 29.5 Å². The molecular weight excluding hydrogens is 366 g/mol. The molecule has 2 aromatic rings. The van der Waals surface area contributed by atoms with E-state index in [9.17, 15) is 18.4 Å². The third-order valence-electron chi connectivity index (χ3n) is 4.24. The van der Waals surface area contributed by atoms with E-state index in [4.69, 9.17) is 4.74 Å². The Morgan fingerprint density at radius 3 is 2.39 bits per heavy atom. The molecule has 2 amide bonds. The van der Waals surface area contributed by atoms with E-state index in [-0.39, 0.29) is 18.1 Å². The SMILES string of the molecule is CNC(=O)C(NC(=O)COc1cc(C)ccc1C(C)C)c1ccc(F)c(F)c1. The van der Waals surface area contributed by atoms with Crippen LogP contribution in [0.5, 0.6) is 5.75 Å². The average Bonchev–Trinajstić information content (AvgIpc) is 2.66. The van der Waals surface area contributed by atoms with Gasteiger partial charge in [-0.05, 0) is 47.7 Å². The fraction of sp³-hybridized carbons (Fsp3) is 0.333. The summed E-state index contributed by atoms with van der Waals surface area (Å²) in [5, 5.41) is 4.90. The van der Waals surface area contributed by atoms with Crippen molar-refractivity contribution in [2.45, 2.75) is 32.7 Å². The van der Waals surface area contributed by atoms with Crippen molar-refractivity contribution in [2.75, 3.05) is 13.7 Å². The Morgan fingerprint density at radius 1 is 1.07 bits per heavy atom. The number of benzene rings is 2. The molecule has 7 heteroatoms. The second-order valence-corrected chi connectivity index (χ2v) is 6.77. The van der Waals surface area contributed by atoms with Gasteiger partial charge in [-0.3, -0.25) is 9.59 Å². The van der Waals surface area contributed by atoms with E-state index in [1.54, 1.807) is 0 Å². The van der Waals surface area contributed by atoms with Gasteiger partial charge in [0.05, 0.1) is 0 Å². The van der Waals surface area contributed by atoms with Crippen molar-refractivity contribution in [3.8, 4) is 5.75 Å². The van der Waals surface area contributed by atoms with E-state index in [2.05, 4.69) is 10.6 Å². The van der Waals surface area contributed by atoms with Gasteiger partial charge in [0.25, 0.3) is 5.91 Å². The first-order chi connectivity index (χ1) is 13.2. The molecule has 0 aliphatic rings. The minimum Gasteiger partial charge on any atom is -0.483 e. The quantitative estimate of drug-likeness (QED) is 0.762. The normalized spacial score (nSPS) is 11.8. The van der Waals surface area contributed by atoms with Gasteiger partial charge >= 0.3 is 0 Å². The van der Waals surface area contributed by atoms with E-state index >= 15 is 0 Å². The fourth-order valence-electron chi connectivity index (χ4n) is 2.73. The number of nitrogens with one attached hydrogen (secondary N) is 2. The van der Waals surface area contributed by atoms with E-state index in [0.717, 1.165) is 23.3 Å². The molecule has 0 aliphatic heterocycles. The van der Waals surface area contributed by atoms with Crippen molar-refractivity contribution in [1.29, 1.82) is 0 Å². The van der Waals surface area contributed by atoms with Crippen LogP contribution in [-0.2, 0) is 9.59 Å². The molecule has 0 spiro atoms. The molecule has 28 heavy (non-hydrogen) atoms. The molecule has 1 atom stereocenters. The average molecular weight is 390 g/mol. The third-order valence-corrected chi connectivity index (χ3v) is 4.24. The van der Waals surface area contributed by atoms with Crippen molar-refractivity contribution >= 4 is 11.8 Å². The molecule has 0 radical (unpaired) electrons. The summed E-state index contributed by atoms with van der Waals surface area (Å²) in [4.78, 5) is 24.5. The first kappa shape index (κ1) is 21.3. The zero-order chi connectivity index (χ0) is 20.8. The molecule has 0 bridgehead atoms. The summed E-state index contributed by atoms with van der Waals surface area (Å²) in [7, 11) is 1.39. The number of likely N-dealkylation sites (N-methyl/N-ethyl adjacent to an activating group) is 1. The molecule has 0 aliphatic carbocycles. The van der Waals surface area contributed by atoms with Crippen LogP contribution in [0.1, 0.15) is 42.5 Å². The van der Waals surface area contributed by atoms with Gasteiger partial charge in [0.1, 0.15) is 11.8 Å². The zero-order valence-electron chi connectivity index (χ0n) is 16.3. The maximum atomic E-state index is 13.5. The minimum atomic E-state index is -1.17. The van der Waals surface area contributed by atoms with Gasteiger partial charge in [-0.25, -0.2) is 8.78 Å². The van der Waals surface area contributed by atoms with Crippen molar-refractivity contribution in [1.82, 2.24) is 10.6 Å². The first-order valence-electron chi connectivity index (χ1n) is 8.92. The Hall–Kier alpha value is -2.96. The van der Waals surface area contributed by atoms with Gasteiger partial charge in [0, 0.05) is 7.05 Å². The number of halogens is 2. The summed E-state index contributed by atoms with van der Waals surface area (Å²) >= 11 is 0. The summed E-state index contributed by atoms with van der Waals surface area (Å²) in [5.74, 6) is -2.45. The second-order valence-electron chi connectivity index (χ2n) is 6.77. The molecule has 5 nitrogen and oxygen atoms in total. The van der Waals surface area contributed by atoms with Crippen LogP contribution in [-0.4, -0.2) is 25.5 Å². The molecule has 150 valence electrons. The van der Waals surface area contributed by atoms with Crippen LogP contribution in [0.4, 0.5) is 8.78 Å². The Labute approximate surface area is 163 Å². The third kappa shape index (κ3) is 5.28. The number of amides is 2. The highest BCUT2D eigenvalue weighted by atomic mass is 19.2. The van der Waals surface area contributed by atoms with Crippen molar-refractivity contribution in [3.63, 3.8) is 0 Å². The minimum absolute atomic E-state index is 0.130. The maximum Gasteiger partial charge on any atom is 0.258 e. The number of carbonyl (C=O) groups is 2. The van der Waals surface area contributed by atoms with E-state index in [1.165, 1.54) is 13.1 Å². The lowest BCUT2D eigenvalue weighted by molar-refractivity contribution is -0.129. The molecule has 2 N–H and O–H groups in total. The Bertz CT molecular complexity index is 869. The van der Waals surface area contributed by atoms with Crippen LogP contribution < -0.4 is 15.4 Å². The van der Waals surface area contributed by atoms with Crippen molar-refractivity contribution in [2.24, 2.45) is 0 Å². The van der Waals surface area contributed by atoms with Gasteiger partial charge in [-0.2, -0.15) is 0 Å². The monoisotopic (exact) mass is 390 g/mol. The van der Waals surface area contributed by atoms with Gasteiger partial charge in [-0.1, -0.05) is 32.0 Å². The summed E-state index contributed by atoms with van der Waals surface area (Å²) in [6.07, 6.45) is 0. The number of hydrogen-bond acceptors (Lipinski definition) is 3. The first-order valence-corrected chi connectivity index (χ1v) is 8.92. The highest BCUT2D eigenvalue weighted by molar-refractivity contribution is 5.89. The van der Waals surface area contributed by atoms with Gasteiger partial charge in [0.15, 0.2) is 18.2 Å². The summed E-state index contributed by atoms with van der Waals surface area (Å²) in [5.41, 5.74) is 2.08. The Morgan fingerprint density at radius 2 is 1.79 bits per heavy atom. The Kier molecular flexibility index (Phi) is 7.09. The summed E-state index contributed by atoms with van der Waals surface area (Å²) in [6.45, 7) is 5.63. The predicted octanol–water partition coefficient (Wildman–Crippen LogP) is 3.38. The molecule has 0 fully saturated rings. The highest BCUT2D eigenvalue weighted by Crippen LogP contribution is 2.27.